The summed E-state index contributed by atoms with van der Waals surface area (Å²) in [6.45, 7) is 1.65. The maximum atomic E-state index is 12.2. The molecule has 0 unspecified atom stereocenters. The van der Waals surface area contributed by atoms with Crippen LogP contribution in [-0.4, -0.2) is 28.8 Å². The summed E-state index contributed by atoms with van der Waals surface area (Å²) in [4.78, 5) is 0.136. The third kappa shape index (κ3) is 2.06. The van der Waals surface area contributed by atoms with Gasteiger partial charge in [-0.2, -0.15) is 10.2 Å². The van der Waals surface area contributed by atoms with Crippen molar-refractivity contribution in [1.29, 1.82) is 0 Å². The Hall–Kier alpha value is -2.35. The summed E-state index contributed by atoms with van der Waals surface area (Å²) in [5.74, 6) is 0. The third-order valence-electron chi connectivity index (χ3n) is 2.77. The van der Waals surface area contributed by atoms with Gasteiger partial charge < -0.3 is 0 Å². The first-order valence-electron chi connectivity index (χ1n) is 5.52. The lowest BCUT2D eigenvalue weighted by Crippen LogP contribution is -2.13. The van der Waals surface area contributed by atoms with E-state index in [2.05, 4.69) is 25.1 Å². The van der Waals surface area contributed by atoms with E-state index in [-0.39, 0.29) is 4.90 Å². The Bertz CT molecular complexity index is 834. The molecule has 3 rings (SSSR count). The van der Waals surface area contributed by atoms with Crippen LogP contribution in [0, 0.1) is 6.92 Å². The summed E-state index contributed by atoms with van der Waals surface area (Å²) in [5, 5.41) is 13.9. The number of nitrogens with one attached hydrogen (secondary N) is 3. The van der Waals surface area contributed by atoms with Crippen molar-refractivity contribution in [1.82, 2.24) is 20.4 Å². The second-order valence-electron chi connectivity index (χ2n) is 4.14. The number of sulfonamides is 1. The highest BCUT2D eigenvalue weighted by Crippen LogP contribution is 2.20. The predicted octanol–water partition coefficient (Wildman–Crippen LogP) is 1.40. The van der Waals surface area contributed by atoms with Gasteiger partial charge in [-0.3, -0.25) is 14.9 Å². The molecular weight excluding hydrogens is 266 g/mol. The predicted molar refractivity (Wildman–Crippen MR) is 70.2 cm³/mol. The van der Waals surface area contributed by atoms with Crippen LogP contribution >= 0.6 is 0 Å². The normalized spacial score (nSPS) is 11.8. The Balaban J connectivity index is 1.98. The molecule has 1 aromatic carbocycles. The third-order valence-corrected chi connectivity index (χ3v) is 4.26. The first-order chi connectivity index (χ1) is 9.06. The van der Waals surface area contributed by atoms with Gasteiger partial charge in [0.05, 0.1) is 29.3 Å². The molecule has 0 bridgehead atoms. The Labute approximate surface area is 109 Å². The lowest BCUT2D eigenvalue weighted by molar-refractivity contribution is 0.600. The van der Waals surface area contributed by atoms with Crippen LogP contribution in [-0.2, 0) is 10.0 Å². The Morgan fingerprint density at radius 1 is 1.16 bits per heavy atom. The van der Waals surface area contributed by atoms with Crippen LogP contribution < -0.4 is 4.72 Å². The van der Waals surface area contributed by atoms with Gasteiger partial charge in [-0.25, -0.2) is 8.42 Å². The monoisotopic (exact) mass is 277 g/mol. The summed E-state index contributed by atoms with van der Waals surface area (Å²) in [6, 6.07) is 5.17. The van der Waals surface area contributed by atoms with Crippen LogP contribution in [0.2, 0.25) is 0 Å². The molecule has 2 heterocycles. The van der Waals surface area contributed by atoms with Gasteiger partial charge in [-0.05, 0) is 25.1 Å². The fourth-order valence-corrected chi connectivity index (χ4v) is 3.01. The molecule has 0 aliphatic rings. The average Bonchev–Trinajstić information content (AvgIpc) is 2.96. The summed E-state index contributed by atoms with van der Waals surface area (Å²) in [7, 11) is -3.63. The van der Waals surface area contributed by atoms with Gasteiger partial charge in [0.1, 0.15) is 4.90 Å². The second kappa shape index (κ2) is 4.09. The first kappa shape index (κ1) is 11.7. The van der Waals surface area contributed by atoms with Crippen LogP contribution in [0.5, 0.6) is 0 Å². The van der Waals surface area contributed by atoms with E-state index in [1.807, 2.05) is 0 Å². The average molecular weight is 277 g/mol. The SMILES string of the molecule is Cc1[nH]ncc1S(=O)(=O)Nc1ccc2cn[nH]c2c1. The molecule has 0 saturated carbocycles. The molecule has 8 heteroatoms. The van der Waals surface area contributed by atoms with E-state index in [4.69, 9.17) is 0 Å². The number of hydrogen-bond donors (Lipinski definition) is 3. The fourth-order valence-electron chi connectivity index (χ4n) is 1.82. The van der Waals surface area contributed by atoms with Gasteiger partial charge in [0.15, 0.2) is 0 Å². The fraction of sp³-hybridized carbons (Fsp3) is 0.0909. The molecule has 3 aromatic rings. The molecule has 3 N–H and O–H groups in total. The second-order valence-corrected chi connectivity index (χ2v) is 5.79. The van der Waals surface area contributed by atoms with Crippen molar-refractivity contribution in [2.75, 3.05) is 4.72 Å². The molecule has 7 nitrogen and oxygen atoms in total. The highest BCUT2D eigenvalue weighted by atomic mass is 32.2. The van der Waals surface area contributed by atoms with E-state index < -0.39 is 10.0 Å². The van der Waals surface area contributed by atoms with Crippen molar-refractivity contribution >= 4 is 26.6 Å². The van der Waals surface area contributed by atoms with Crippen LogP contribution in [0.15, 0.2) is 35.5 Å². The lowest BCUT2D eigenvalue weighted by Gasteiger charge is -2.06. The number of benzene rings is 1. The highest BCUT2D eigenvalue weighted by molar-refractivity contribution is 7.92. The number of rotatable bonds is 3. The molecule has 19 heavy (non-hydrogen) atoms. The van der Waals surface area contributed by atoms with Crippen molar-refractivity contribution in [3.63, 3.8) is 0 Å². The van der Waals surface area contributed by atoms with Crippen LogP contribution in [0.25, 0.3) is 10.9 Å². The highest BCUT2D eigenvalue weighted by Gasteiger charge is 2.18. The van der Waals surface area contributed by atoms with Gasteiger partial charge in [-0.1, -0.05) is 0 Å². The van der Waals surface area contributed by atoms with Gasteiger partial charge in [-0.15, -0.1) is 0 Å². The first-order valence-corrected chi connectivity index (χ1v) is 7.00. The molecule has 0 radical (unpaired) electrons. The van der Waals surface area contributed by atoms with Gasteiger partial charge in [0.2, 0.25) is 0 Å². The van der Waals surface area contributed by atoms with Crippen LogP contribution in [0.4, 0.5) is 5.69 Å². The van der Waals surface area contributed by atoms with E-state index in [9.17, 15) is 8.42 Å². The number of anilines is 1. The van der Waals surface area contributed by atoms with Crippen molar-refractivity contribution in [3.8, 4) is 0 Å². The maximum absolute atomic E-state index is 12.2. The number of aromatic amines is 2. The zero-order valence-electron chi connectivity index (χ0n) is 10.0. The number of hydrogen-bond acceptors (Lipinski definition) is 4. The minimum atomic E-state index is -3.63. The number of nitrogens with zero attached hydrogens (tertiary/aromatic N) is 2. The molecule has 2 aromatic heterocycles. The standard InChI is InChI=1S/C11H11N5O2S/c1-7-11(6-13-14-7)19(17,18)16-9-3-2-8-5-12-15-10(8)4-9/h2-6,16H,1H3,(H,12,15)(H,13,14). The molecule has 0 aliphatic heterocycles. The topological polar surface area (TPSA) is 104 Å². The number of fused-ring (bicyclic) bond motifs is 1. The lowest BCUT2D eigenvalue weighted by atomic mass is 10.2. The summed E-state index contributed by atoms with van der Waals surface area (Å²) in [6.07, 6.45) is 2.96. The van der Waals surface area contributed by atoms with Crippen molar-refractivity contribution in [2.24, 2.45) is 0 Å². The van der Waals surface area contributed by atoms with E-state index in [1.165, 1.54) is 6.20 Å². The molecule has 0 spiro atoms. The van der Waals surface area contributed by atoms with Crippen LogP contribution in [0.1, 0.15) is 5.69 Å². The van der Waals surface area contributed by atoms with Crippen molar-refractivity contribution < 1.29 is 8.42 Å². The van der Waals surface area contributed by atoms with Gasteiger partial charge >= 0.3 is 0 Å². The molecule has 0 fully saturated rings. The number of aryl methyl sites for hydroxylation is 1. The minimum absolute atomic E-state index is 0.136. The maximum Gasteiger partial charge on any atom is 0.265 e. The Morgan fingerprint density at radius 2 is 1.95 bits per heavy atom. The van der Waals surface area contributed by atoms with E-state index in [0.29, 0.717) is 11.4 Å². The van der Waals surface area contributed by atoms with E-state index in [0.717, 1.165) is 10.9 Å². The summed E-state index contributed by atoms with van der Waals surface area (Å²) >= 11 is 0. The Morgan fingerprint density at radius 3 is 2.68 bits per heavy atom. The zero-order valence-corrected chi connectivity index (χ0v) is 10.8. The summed E-state index contributed by atoms with van der Waals surface area (Å²) < 4.78 is 26.8. The van der Waals surface area contributed by atoms with Gasteiger partial charge in [0, 0.05) is 5.39 Å². The quantitative estimate of drug-likeness (QED) is 0.673. The molecule has 0 aliphatic carbocycles. The molecule has 0 saturated heterocycles. The van der Waals surface area contributed by atoms with E-state index in [1.54, 1.807) is 31.3 Å². The zero-order chi connectivity index (χ0) is 13.5. The number of H-pyrrole nitrogens is 2. The molecule has 98 valence electrons. The minimum Gasteiger partial charge on any atom is -0.281 e. The molecule has 0 amide bonds. The van der Waals surface area contributed by atoms with Gasteiger partial charge in [0.25, 0.3) is 10.0 Å². The number of aromatic nitrogens is 4. The Kier molecular flexibility index (Phi) is 2.53. The van der Waals surface area contributed by atoms with Crippen molar-refractivity contribution in [2.45, 2.75) is 11.8 Å². The van der Waals surface area contributed by atoms with Crippen molar-refractivity contribution in [3.05, 3.63) is 36.3 Å². The van der Waals surface area contributed by atoms with Crippen LogP contribution in [0.3, 0.4) is 0 Å². The smallest absolute Gasteiger partial charge is 0.265 e. The summed E-state index contributed by atoms with van der Waals surface area (Å²) in [5.41, 5.74) is 1.73. The largest absolute Gasteiger partial charge is 0.281 e. The van der Waals surface area contributed by atoms with E-state index >= 15 is 0 Å². The molecule has 0 atom stereocenters. The molecular formula is C11H11N5O2S.